The van der Waals surface area contributed by atoms with Crippen LogP contribution >= 0.6 is 35.0 Å². The van der Waals surface area contributed by atoms with Crippen LogP contribution in [0.2, 0.25) is 10.0 Å². The third kappa shape index (κ3) is 3.29. The first-order valence-electron chi connectivity index (χ1n) is 5.63. The van der Waals surface area contributed by atoms with Gasteiger partial charge in [0.05, 0.1) is 11.2 Å². The van der Waals surface area contributed by atoms with E-state index in [4.69, 9.17) is 23.2 Å². The Morgan fingerprint density at radius 3 is 2.79 bits per heavy atom. The Bertz CT molecular complexity index is 588. The molecule has 0 atom stereocenters. The van der Waals surface area contributed by atoms with Gasteiger partial charge in [0.2, 0.25) is 5.16 Å². The number of thioether (sulfide) groups is 1. The number of hydrogen-bond acceptors (Lipinski definition) is 4. The van der Waals surface area contributed by atoms with Gasteiger partial charge in [0.1, 0.15) is 0 Å². The second-order valence-corrected chi connectivity index (χ2v) is 5.30. The lowest BCUT2D eigenvalue weighted by Gasteiger charge is -2.01. The first-order valence-corrected chi connectivity index (χ1v) is 7.61. The predicted octanol–water partition coefficient (Wildman–Crippen LogP) is 3.75. The zero-order chi connectivity index (χ0) is 13.8. The third-order valence-corrected chi connectivity index (χ3v) is 3.63. The molecule has 7 heteroatoms. The summed E-state index contributed by atoms with van der Waals surface area (Å²) in [6.07, 6.45) is 4.38. The van der Waals surface area contributed by atoms with E-state index in [1.54, 1.807) is 23.0 Å². The van der Waals surface area contributed by atoms with Crippen LogP contribution in [0.3, 0.4) is 0 Å². The van der Waals surface area contributed by atoms with Gasteiger partial charge in [0.25, 0.3) is 0 Å². The topological polar surface area (TPSA) is 43.1 Å². The van der Waals surface area contributed by atoms with E-state index < -0.39 is 0 Å². The second-order valence-electron chi connectivity index (χ2n) is 3.68. The van der Waals surface area contributed by atoms with E-state index in [2.05, 4.69) is 15.3 Å². The van der Waals surface area contributed by atoms with E-state index in [1.807, 2.05) is 19.2 Å². The Balaban J connectivity index is 2.34. The monoisotopic (exact) mass is 314 g/mol. The Kier molecular flexibility index (Phi) is 4.85. The number of rotatable bonds is 4. The van der Waals surface area contributed by atoms with Crippen molar-refractivity contribution in [1.29, 1.82) is 0 Å². The predicted molar refractivity (Wildman–Crippen MR) is 80.6 cm³/mol. The van der Waals surface area contributed by atoms with Crippen molar-refractivity contribution in [2.45, 2.75) is 18.5 Å². The van der Waals surface area contributed by atoms with Crippen LogP contribution in [0.4, 0.5) is 0 Å². The molecule has 0 radical (unpaired) electrons. The molecular weight excluding hydrogens is 303 g/mol. The Morgan fingerprint density at radius 1 is 1.37 bits per heavy atom. The summed E-state index contributed by atoms with van der Waals surface area (Å²) in [5.74, 6) is 0.811. The van der Waals surface area contributed by atoms with E-state index in [9.17, 15) is 0 Å². The average Bonchev–Trinajstić information content (AvgIpc) is 2.79. The van der Waals surface area contributed by atoms with Crippen molar-refractivity contribution < 1.29 is 0 Å². The fourth-order valence-corrected chi connectivity index (χ4v) is 2.39. The van der Waals surface area contributed by atoms with Gasteiger partial charge in [-0.15, -0.1) is 10.2 Å². The van der Waals surface area contributed by atoms with Crippen molar-refractivity contribution in [3.8, 4) is 0 Å². The Hall–Kier alpha value is -1.04. The summed E-state index contributed by atoms with van der Waals surface area (Å²) in [5, 5.41) is 14.4. The molecule has 2 aromatic rings. The number of nitrogens with zero attached hydrogens (tertiary/aromatic N) is 4. The number of halogens is 2. The molecule has 0 unspecified atom stereocenters. The molecule has 1 aromatic carbocycles. The highest BCUT2D eigenvalue weighted by molar-refractivity contribution is 7.98. The number of benzene rings is 1. The largest absolute Gasteiger partial charge is 0.211 e. The summed E-state index contributed by atoms with van der Waals surface area (Å²) in [7, 11) is 0. The maximum Gasteiger partial charge on any atom is 0.211 e. The maximum absolute atomic E-state index is 6.10. The van der Waals surface area contributed by atoms with Crippen LogP contribution in [-0.4, -0.2) is 27.3 Å². The molecule has 2 rings (SSSR count). The third-order valence-electron chi connectivity index (χ3n) is 2.45. The van der Waals surface area contributed by atoms with E-state index in [1.165, 1.54) is 11.8 Å². The van der Waals surface area contributed by atoms with Gasteiger partial charge >= 0.3 is 0 Å². The van der Waals surface area contributed by atoms with E-state index in [0.29, 0.717) is 10.0 Å². The van der Waals surface area contributed by atoms with Crippen molar-refractivity contribution >= 4 is 41.2 Å². The summed E-state index contributed by atoms with van der Waals surface area (Å²) in [6.45, 7) is 2.01. The standard InChI is InChI=1S/C12H12Cl2N4S/c1-3-11-16-17-12(19-2)18(11)15-7-8-4-5-9(13)6-10(8)14/h4-7H,3H2,1-2H3/b15-7-. The van der Waals surface area contributed by atoms with Gasteiger partial charge in [-0.05, 0) is 18.4 Å². The molecule has 0 amide bonds. The maximum atomic E-state index is 6.10. The lowest BCUT2D eigenvalue weighted by Crippen LogP contribution is -1.99. The molecule has 0 aliphatic carbocycles. The lowest BCUT2D eigenvalue weighted by molar-refractivity contribution is 0.723. The highest BCUT2D eigenvalue weighted by Crippen LogP contribution is 2.20. The number of hydrogen-bond donors (Lipinski definition) is 0. The minimum absolute atomic E-state index is 0.563. The molecule has 0 saturated carbocycles. The minimum Gasteiger partial charge on any atom is -0.192 e. The highest BCUT2D eigenvalue weighted by Gasteiger charge is 2.08. The van der Waals surface area contributed by atoms with Crippen LogP contribution in [0.25, 0.3) is 0 Å². The smallest absolute Gasteiger partial charge is 0.192 e. The number of aromatic nitrogens is 3. The quantitative estimate of drug-likeness (QED) is 0.637. The summed E-state index contributed by atoms with van der Waals surface area (Å²) in [5.41, 5.74) is 0.800. The molecule has 4 nitrogen and oxygen atoms in total. The molecule has 0 spiro atoms. The molecular formula is C12H12Cl2N4S. The van der Waals surface area contributed by atoms with Crippen LogP contribution in [0.1, 0.15) is 18.3 Å². The van der Waals surface area contributed by atoms with E-state index in [-0.39, 0.29) is 0 Å². The molecule has 0 aliphatic rings. The first kappa shape index (κ1) is 14.4. The van der Waals surface area contributed by atoms with E-state index >= 15 is 0 Å². The second kappa shape index (κ2) is 6.41. The Labute approximate surface area is 125 Å². The van der Waals surface area contributed by atoms with Crippen molar-refractivity contribution in [2.24, 2.45) is 5.10 Å². The Morgan fingerprint density at radius 2 is 2.16 bits per heavy atom. The molecule has 0 N–H and O–H groups in total. The van der Waals surface area contributed by atoms with Crippen LogP contribution in [0.5, 0.6) is 0 Å². The van der Waals surface area contributed by atoms with Gasteiger partial charge in [-0.2, -0.15) is 9.78 Å². The molecule has 0 aliphatic heterocycles. The van der Waals surface area contributed by atoms with Crippen LogP contribution in [0.15, 0.2) is 28.5 Å². The molecule has 1 aromatic heterocycles. The first-order chi connectivity index (χ1) is 9.15. The van der Waals surface area contributed by atoms with E-state index in [0.717, 1.165) is 23.0 Å². The lowest BCUT2D eigenvalue weighted by atomic mass is 10.2. The van der Waals surface area contributed by atoms with Crippen LogP contribution in [-0.2, 0) is 6.42 Å². The minimum atomic E-state index is 0.563. The summed E-state index contributed by atoms with van der Waals surface area (Å²) in [6, 6.07) is 5.28. The highest BCUT2D eigenvalue weighted by atomic mass is 35.5. The SMILES string of the molecule is CCc1nnc(SC)n1/N=C\c1ccc(Cl)cc1Cl. The van der Waals surface area contributed by atoms with Gasteiger partial charge in [-0.3, -0.25) is 0 Å². The molecule has 19 heavy (non-hydrogen) atoms. The van der Waals surface area contributed by atoms with Crippen molar-refractivity contribution in [3.05, 3.63) is 39.6 Å². The summed E-state index contributed by atoms with van der Waals surface area (Å²) in [4.78, 5) is 0. The van der Waals surface area contributed by atoms with Gasteiger partial charge < -0.3 is 0 Å². The van der Waals surface area contributed by atoms with Gasteiger partial charge in [-0.1, -0.05) is 48.0 Å². The van der Waals surface area contributed by atoms with Crippen LogP contribution < -0.4 is 0 Å². The average molecular weight is 315 g/mol. The molecule has 1 heterocycles. The number of aryl methyl sites for hydroxylation is 1. The summed E-state index contributed by atoms with van der Waals surface area (Å²) < 4.78 is 1.72. The normalized spacial score (nSPS) is 11.4. The van der Waals surface area contributed by atoms with Crippen molar-refractivity contribution in [3.63, 3.8) is 0 Å². The molecule has 0 saturated heterocycles. The zero-order valence-corrected chi connectivity index (χ0v) is 12.8. The van der Waals surface area contributed by atoms with Gasteiger partial charge in [-0.25, -0.2) is 0 Å². The van der Waals surface area contributed by atoms with Crippen molar-refractivity contribution in [2.75, 3.05) is 6.26 Å². The fraction of sp³-hybridized carbons (Fsp3) is 0.250. The van der Waals surface area contributed by atoms with Gasteiger partial charge in [0, 0.05) is 17.0 Å². The molecule has 0 fully saturated rings. The molecule has 100 valence electrons. The zero-order valence-electron chi connectivity index (χ0n) is 10.5. The van der Waals surface area contributed by atoms with Crippen molar-refractivity contribution in [1.82, 2.24) is 14.9 Å². The summed E-state index contributed by atoms with van der Waals surface area (Å²) >= 11 is 13.4. The fourth-order valence-electron chi connectivity index (χ4n) is 1.49. The molecule has 0 bridgehead atoms. The van der Waals surface area contributed by atoms with Crippen LogP contribution in [0, 0.1) is 0 Å². The van der Waals surface area contributed by atoms with Gasteiger partial charge in [0.15, 0.2) is 5.82 Å².